The molecule has 0 spiro atoms. The van der Waals surface area contributed by atoms with Crippen molar-refractivity contribution in [3.63, 3.8) is 0 Å². The summed E-state index contributed by atoms with van der Waals surface area (Å²) in [5, 5.41) is 14.3. The largest absolute Gasteiger partial charge is 0.480 e. The van der Waals surface area contributed by atoms with Gasteiger partial charge in [0.2, 0.25) is 0 Å². The first-order chi connectivity index (χ1) is 9.45. The van der Waals surface area contributed by atoms with Crippen LogP contribution in [0.2, 0.25) is 0 Å². The van der Waals surface area contributed by atoms with Gasteiger partial charge in [0.1, 0.15) is 6.04 Å². The van der Waals surface area contributed by atoms with Crippen molar-refractivity contribution in [2.45, 2.75) is 46.1 Å². The molecule has 2 amide bonds. The number of benzene rings is 1. The lowest BCUT2D eigenvalue weighted by molar-refractivity contribution is -0.139. The summed E-state index contributed by atoms with van der Waals surface area (Å²) in [7, 11) is 0. The highest BCUT2D eigenvalue weighted by Gasteiger charge is 2.19. The Bertz CT molecular complexity index is 466. The van der Waals surface area contributed by atoms with Gasteiger partial charge in [-0.1, -0.05) is 38.0 Å². The maximum atomic E-state index is 11.9. The van der Waals surface area contributed by atoms with Crippen LogP contribution in [0, 0.1) is 13.8 Å². The van der Waals surface area contributed by atoms with E-state index in [4.69, 9.17) is 5.11 Å². The van der Waals surface area contributed by atoms with Gasteiger partial charge in [-0.3, -0.25) is 0 Å². The van der Waals surface area contributed by atoms with Crippen molar-refractivity contribution >= 4 is 17.7 Å². The number of unbranched alkanes of at least 4 members (excludes halogenated alkanes) is 1. The molecule has 3 N–H and O–H groups in total. The number of carboxylic acids is 1. The third kappa shape index (κ3) is 4.57. The molecule has 0 saturated carbocycles. The van der Waals surface area contributed by atoms with Crippen LogP contribution in [0.15, 0.2) is 18.2 Å². The van der Waals surface area contributed by atoms with Crippen LogP contribution < -0.4 is 10.6 Å². The van der Waals surface area contributed by atoms with Crippen LogP contribution in [0.3, 0.4) is 0 Å². The summed E-state index contributed by atoms with van der Waals surface area (Å²) < 4.78 is 0. The molecule has 0 aliphatic carbocycles. The first-order valence-corrected chi connectivity index (χ1v) is 6.82. The average Bonchev–Trinajstić information content (AvgIpc) is 2.38. The van der Waals surface area contributed by atoms with Crippen molar-refractivity contribution in [3.05, 3.63) is 29.3 Å². The van der Waals surface area contributed by atoms with Crippen molar-refractivity contribution in [1.82, 2.24) is 5.32 Å². The van der Waals surface area contributed by atoms with Crippen molar-refractivity contribution in [2.24, 2.45) is 0 Å². The van der Waals surface area contributed by atoms with Crippen molar-refractivity contribution in [2.75, 3.05) is 5.32 Å². The van der Waals surface area contributed by atoms with E-state index in [1.807, 2.05) is 39.0 Å². The van der Waals surface area contributed by atoms with E-state index in [2.05, 4.69) is 10.6 Å². The number of carbonyl (C=O) groups excluding carboxylic acids is 1. The van der Waals surface area contributed by atoms with Gasteiger partial charge in [-0.15, -0.1) is 0 Å². The molecule has 20 heavy (non-hydrogen) atoms. The van der Waals surface area contributed by atoms with Gasteiger partial charge in [-0.2, -0.15) is 0 Å². The predicted molar refractivity (Wildman–Crippen MR) is 79.0 cm³/mol. The van der Waals surface area contributed by atoms with Gasteiger partial charge in [0, 0.05) is 5.69 Å². The number of nitrogens with one attached hydrogen (secondary N) is 2. The van der Waals surface area contributed by atoms with Crippen molar-refractivity contribution in [3.8, 4) is 0 Å². The molecule has 110 valence electrons. The maximum absolute atomic E-state index is 11.9. The number of anilines is 1. The summed E-state index contributed by atoms with van der Waals surface area (Å²) in [6, 6.07) is 4.38. The Kier molecular flexibility index (Phi) is 6.03. The van der Waals surface area contributed by atoms with E-state index in [1.54, 1.807) is 0 Å². The van der Waals surface area contributed by atoms with Crippen LogP contribution in [0.1, 0.15) is 37.3 Å². The van der Waals surface area contributed by atoms with Gasteiger partial charge in [0.05, 0.1) is 0 Å². The minimum atomic E-state index is -1.00. The predicted octanol–water partition coefficient (Wildman–Crippen LogP) is 3.07. The SMILES string of the molecule is CCCC[C@H](NC(=O)Nc1c(C)cccc1C)C(=O)O. The number of aliphatic carboxylic acids is 1. The van der Waals surface area contributed by atoms with Gasteiger partial charge in [-0.05, 0) is 31.4 Å². The normalized spacial score (nSPS) is 11.8. The molecule has 0 aliphatic heterocycles. The van der Waals surface area contributed by atoms with Crippen LogP contribution in [0.4, 0.5) is 10.5 Å². The van der Waals surface area contributed by atoms with E-state index in [9.17, 15) is 9.59 Å². The Balaban J connectivity index is 2.68. The first-order valence-electron chi connectivity index (χ1n) is 6.82. The number of urea groups is 1. The maximum Gasteiger partial charge on any atom is 0.326 e. The number of hydrogen-bond donors (Lipinski definition) is 3. The number of hydrogen-bond acceptors (Lipinski definition) is 2. The molecule has 0 radical (unpaired) electrons. The lowest BCUT2D eigenvalue weighted by atomic mass is 10.1. The number of carbonyl (C=O) groups is 2. The number of para-hydroxylation sites is 1. The molecule has 0 heterocycles. The Morgan fingerprint density at radius 1 is 1.25 bits per heavy atom. The van der Waals surface area contributed by atoms with E-state index in [-0.39, 0.29) is 0 Å². The fraction of sp³-hybridized carbons (Fsp3) is 0.467. The molecular weight excluding hydrogens is 256 g/mol. The Hall–Kier alpha value is -2.04. The molecule has 0 aromatic heterocycles. The zero-order valence-electron chi connectivity index (χ0n) is 12.2. The zero-order valence-corrected chi connectivity index (χ0v) is 12.2. The third-order valence-electron chi connectivity index (χ3n) is 3.17. The van der Waals surface area contributed by atoms with Crippen LogP contribution in [-0.2, 0) is 4.79 Å². The molecule has 0 fully saturated rings. The molecule has 5 nitrogen and oxygen atoms in total. The van der Waals surface area contributed by atoms with Crippen molar-refractivity contribution < 1.29 is 14.7 Å². The summed E-state index contributed by atoms with van der Waals surface area (Å²) in [5.74, 6) is -1.00. The molecule has 1 rings (SSSR count). The Morgan fingerprint density at radius 2 is 1.85 bits per heavy atom. The lowest BCUT2D eigenvalue weighted by Gasteiger charge is -2.16. The summed E-state index contributed by atoms with van der Waals surface area (Å²) >= 11 is 0. The Labute approximate surface area is 119 Å². The fourth-order valence-corrected chi connectivity index (χ4v) is 1.99. The number of rotatable bonds is 6. The minimum Gasteiger partial charge on any atom is -0.480 e. The zero-order chi connectivity index (χ0) is 15.1. The highest BCUT2D eigenvalue weighted by atomic mass is 16.4. The van der Waals surface area contributed by atoms with Gasteiger partial charge in [0.25, 0.3) is 0 Å². The summed E-state index contributed by atoms with van der Waals surface area (Å²) in [6.45, 7) is 5.78. The van der Waals surface area contributed by atoms with E-state index < -0.39 is 18.0 Å². The van der Waals surface area contributed by atoms with E-state index >= 15 is 0 Å². The van der Waals surface area contributed by atoms with Crippen LogP contribution in [0.5, 0.6) is 0 Å². The second-order valence-corrected chi connectivity index (χ2v) is 4.90. The summed E-state index contributed by atoms with van der Waals surface area (Å²) in [4.78, 5) is 23.0. The molecule has 0 bridgehead atoms. The molecule has 0 saturated heterocycles. The Morgan fingerprint density at radius 3 is 2.35 bits per heavy atom. The molecule has 5 heteroatoms. The summed E-state index contributed by atoms with van der Waals surface area (Å²) in [5.41, 5.74) is 2.62. The molecule has 0 unspecified atom stereocenters. The van der Waals surface area contributed by atoms with Gasteiger partial charge in [-0.25, -0.2) is 9.59 Å². The third-order valence-corrected chi connectivity index (χ3v) is 3.17. The highest BCUT2D eigenvalue weighted by Crippen LogP contribution is 2.19. The minimum absolute atomic E-state index is 0.437. The topological polar surface area (TPSA) is 78.4 Å². The van der Waals surface area contributed by atoms with Gasteiger partial charge in [0.15, 0.2) is 0 Å². The monoisotopic (exact) mass is 278 g/mol. The molecule has 0 aliphatic rings. The number of aryl methyl sites for hydroxylation is 2. The second-order valence-electron chi connectivity index (χ2n) is 4.90. The van der Waals surface area contributed by atoms with Gasteiger partial charge >= 0.3 is 12.0 Å². The van der Waals surface area contributed by atoms with E-state index in [0.717, 1.165) is 29.7 Å². The fourth-order valence-electron chi connectivity index (χ4n) is 1.99. The van der Waals surface area contributed by atoms with Crippen molar-refractivity contribution in [1.29, 1.82) is 0 Å². The standard InChI is InChI=1S/C15H22N2O3/c1-4-5-9-12(14(18)19)16-15(20)17-13-10(2)7-6-8-11(13)3/h6-8,12H,4-5,9H2,1-3H3,(H,18,19)(H2,16,17,20)/t12-/m0/s1. The first kappa shape index (κ1) is 16.0. The molecular formula is C15H22N2O3. The molecule has 1 aromatic rings. The van der Waals surface area contributed by atoms with Crippen LogP contribution in [-0.4, -0.2) is 23.1 Å². The molecule has 1 aromatic carbocycles. The quantitative estimate of drug-likeness (QED) is 0.748. The number of amides is 2. The van der Waals surface area contributed by atoms with Crippen LogP contribution in [0.25, 0.3) is 0 Å². The second kappa shape index (κ2) is 7.53. The van der Waals surface area contributed by atoms with E-state index in [1.165, 1.54) is 0 Å². The highest BCUT2D eigenvalue weighted by molar-refractivity contribution is 5.93. The number of carboxylic acid groups (broad SMARTS) is 1. The van der Waals surface area contributed by atoms with E-state index in [0.29, 0.717) is 6.42 Å². The molecule has 1 atom stereocenters. The van der Waals surface area contributed by atoms with Crippen LogP contribution >= 0.6 is 0 Å². The summed E-state index contributed by atoms with van der Waals surface area (Å²) in [6.07, 6.45) is 2.09. The lowest BCUT2D eigenvalue weighted by Crippen LogP contribution is -2.43. The van der Waals surface area contributed by atoms with Gasteiger partial charge < -0.3 is 15.7 Å². The smallest absolute Gasteiger partial charge is 0.326 e. The average molecular weight is 278 g/mol.